The Morgan fingerprint density at radius 2 is 2.06 bits per heavy atom. The van der Waals surface area contributed by atoms with Crippen molar-refractivity contribution in [2.45, 2.75) is 34.7 Å². The van der Waals surface area contributed by atoms with Crippen LogP contribution in [0, 0.1) is 5.92 Å². The Bertz CT molecular complexity index is 497. The number of rotatable bonds is 6. The first-order valence-corrected chi connectivity index (χ1v) is 8.52. The highest BCUT2D eigenvalue weighted by Gasteiger charge is 2.10. The molecule has 0 aliphatic carbocycles. The van der Waals surface area contributed by atoms with Crippen molar-refractivity contribution in [2.24, 2.45) is 5.92 Å². The zero-order valence-corrected chi connectivity index (χ0v) is 12.9. The number of hydrogen-bond donors (Lipinski definition) is 0. The van der Waals surface area contributed by atoms with Crippen molar-refractivity contribution in [3.63, 3.8) is 0 Å². The molecule has 18 heavy (non-hydrogen) atoms. The van der Waals surface area contributed by atoms with Gasteiger partial charge in [0.2, 0.25) is 5.89 Å². The average Bonchev–Trinajstić information content (AvgIpc) is 2.94. The molecule has 98 valence electrons. The molecule has 2 aromatic rings. The van der Waals surface area contributed by atoms with Crippen molar-refractivity contribution in [2.75, 3.05) is 6.26 Å². The Labute approximate surface area is 118 Å². The largest absolute Gasteiger partial charge is 0.339 e. The second-order valence-electron chi connectivity index (χ2n) is 4.03. The smallest absolute Gasteiger partial charge is 0.226 e. The molecule has 0 aliphatic rings. The van der Waals surface area contributed by atoms with E-state index in [9.17, 15) is 0 Å². The van der Waals surface area contributed by atoms with Crippen LogP contribution >= 0.6 is 34.9 Å². The minimum Gasteiger partial charge on any atom is -0.339 e. The predicted octanol–water partition coefficient (Wildman–Crippen LogP) is 3.13. The van der Waals surface area contributed by atoms with E-state index >= 15 is 0 Å². The number of nitrogens with zero attached hydrogens (tertiary/aromatic N) is 4. The molecule has 0 atom stereocenters. The van der Waals surface area contributed by atoms with E-state index in [0.29, 0.717) is 17.6 Å². The number of thioether (sulfide) groups is 2. The number of aromatic nitrogens is 4. The van der Waals surface area contributed by atoms with E-state index < -0.39 is 0 Å². The van der Waals surface area contributed by atoms with Gasteiger partial charge in [0, 0.05) is 6.42 Å². The van der Waals surface area contributed by atoms with Gasteiger partial charge in [0.1, 0.15) is 0 Å². The van der Waals surface area contributed by atoms with Crippen LogP contribution in [-0.4, -0.2) is 26.6 Å². The van der Waals surface area contributed by atoms with Crippen molar-refractivity contribution in [3.05, 3.63) is 11.7 Å². The molecule has 0 saturated carbocycles. The van der Waals surface area contributed by atoms with Crippen LogP contribution < -0.4 is 0 Å². The van der Waals surface area contributed by atoms with E-state index in [0.717, 1.165) is 20.9 Å². The van der Waals surface area contributed by atoms with Gasteiger partial charge in [0.05, 0.1) is 5.75 Å². The molecule has 0 fully saturated rings. The highest BCUT2D eigenvalue weighted by molar-refractivity contribution is 8.02. The minimum absolute atomic E-state index is 0.526. The molecule has 0 spiro atoms. The summed E-state index contributed by atoms with van der Waals surface area (Å²) in [6, 6.07) is 0. The van der Waals surface area contributed by atoms with Crippen LogP contribution in [0.15, 0.2) is 13.2 Å². The Morgan fingerprint density at radius 1 is 1.28 bits per heavy atom. The monoisotopic (exact) mass is 302 g/mol. The van der Waals surface area contributed by atoms with Gasteiger partial charge >= 0.3 is 0 Å². The topological polar surface area (TPSA) is 64.7 Å². The molecule has 0 bridgehead atoms. The molecule has 0 radical (unpaired) electrons. The highest BCUT2D eigenvalue weighted by atomic mass is 32.2. The molecular formula is C10H14N4OS3. The summed E-state index contributed by atoms with van der Waals surface area (Å²) in [4.78, 5) is 4.35. The van der Waals surface area contributed by atoms with E-state index in [1.807, 2.05) is 6.26 Å². The van der Waals surface area contributed by atoms with Gasteiger partial charge in [-0.3, -0.25) is 0 Å². The molecular weight excluding hydrogens is 288 g/mol. The lowest BCUT2D eigenvalue weighted by Crippen LogP contribution is -1.94. The van der Waals surface area contributed by atoms with Gasteiger partial charge in [0.25, 0.3) is 0 Å². The zero-order valence-electron chi connectivity index (χ0n) is 10.4. The first-order chi connectivity index (χ1) is 8.67. The third-order valence-electron chi connectivity index (χ3n) is 1.98. The van der Waals surface area contributed by atoms with Gasteiger partial charge in [-0.1, -0.05) is 53.9 Å². The lowest BCUT2D eigenvalue weighted by molar-refractivity contribution is 0.360. The highest BCUT2D eigenvalue weighted by Crippen LogP contribution is 2.28. The first-order valence-electron chi connectivity index (χ1n) is 5.49. The maximum Gasteiger partial charge on any atom is 0.226 e. The normalized spacial score (nSPS) is 11.3. The Hall–Kier alpha value is -0.600. The van der Waals surface area contributed by atoms with Crippen molar-refractivity contribution in [1.29, 1.82) is 0 Å². The van der Waals surface area contributed by atoms with E-state index in [2.05, 4.69) is 34.2 Å². The third kappa shape index (κ3) is 3.96. The van der Waals surface area contributed by atoms with Crippen molar-refractivity contribution >= 4 is 34.9 Å². The fourth-order valence-electron chi connectivity index (χ4n) is 1.25. The lowest BCUT2D eigenvalue weighted by atomic mass is 10.1. The van der Waals surface area contributed by atoms with Crippen LogP contribution in [0.2, 0.25) is 0 Å². The van der Waals surface area contributed by atoms with Crippen molar-refractivity contribution in [3.8, 4) is 0 Å². The van der Waals surface area contributed by atoms with Crippen LogP contribution in [-0.2, 0) is 12.2 Å². The second kappa shape index (κ2) is 6.53. The fourth-order valence-corrected chi connectivity index (χ4v) is 3.53. The minimum atomic E-state index is 0.526. The lowest BCUT2D eigenvalue weighted by Gasteiger charge is -1.95. The molecule has 8 heteroatoms. The fraction of sp³-hybridized carbons (Fsp3) is 0.600. The van der Waals surface area contributed by atoms with Crippen molar-refractivity contribution < 1.29 is 4.52 Å². The standard InChI is InChI=1S/C10H14N4OS3/c1-6(2)4-8-11-7(14-15-8)5-17-10-13-12-9(16-3)18-10/h6H,4-5H2,1-3H3. The summed E-state index contributed by atoms with van der Waals surface area (Å²) < 4.78 is 7.10. The quantitative estimate of drug-likeness (QED) is 0.759. The van der Waals surface area contributed by atoms with Gasteiger partial charge in [-0.25, -0.2) is 0 Å². The van der Waals surface area contributed by atoms with Gasteiger partial charge < -0.3 is 4.52 Å². The second-order valence-corrected chi connectivity index (χ2v) is 7.28. The van der Waals surface area contributed by atoms with E-state index in [-0.39, 0.29) is 0 Å². The Morgan fingerprint density at radius 3 is 2.72 bits per heavy atom. The van der Waals surface area contributed by atoms with Gasteiger partial charge in [0.15, 0.2) is 14.5 Å². The van der Waals surface area contributed by atoms with Crippen LogP contribution in [0.4, 0.5) is 0 Å². The first kappa shape index (κ1) is 13.8. The maximum atomic E-state index is 5.18. The van der Waals surface area contributed by atoms with E-state index in [1.54, 1.807) is 34.9 Å². The van der Waals surface area contributed by atoms with Crippen molar-refractivity contribution in [1.82, 2.24) is 20.3 Å². The predicted molar refractivity (Wildman–Crippen MR) is 74.1 cm³/mol. The number of hydrogen-bond acceptors (Lipinski definition) is 8. The molecule has 0 aromatic carbocycles. The molecule has 2 rings (SSSR count). The average molecular weight is 302 g/mol. The zero-order chi connectivity index (χ0) is 13.0. The summed E-state index contributed by atoms with van der Waals surface area (Å²) in [5.74, 6) is 2.63. The summed E-state index contributed by atoms with van der Waals surface area (Å²) >= 11 is 4.78. The molecule has 2 aromatic heterocycles. The van der Waals surface area contributed by atoms with Gasteiger partial charge in [-0.2, -0.15) is 4.98 Å². The molecule has 5 nitrogen and oxygen atoms in total. The van der Waals surface area contributed by atoms with Gasteiger partial charge in [-0.15, -0.1) is 10.2 Å². The van der Waals surface area contributed by atoms with Crippen LogP contribution in [0.3, 0.4) is 0 Å². The van der Waals surface area contributed by atoms with Crippen LogP contribution in [0.1, 0.15) is 25.6 Å². The summed E-state index contributed by atoms with van der Waals surface area (Å²) in [6.45, 7) is 4.26. The molecule has 0 N–H and O–H groups in total. The van der Waals surface area contributed by atoms with E-state index in [4.69, 9.17) is 4.52 Å². The summed E-state index contributed by atoms with van der Waals surface area (Å²) in [7, 11) is 0. The SMILES string of the molecule is CSc1nnc(SCc2noc(CC(C)C)n2)s1. The van der Waals surface area contributed by atoms with Crippen LogP contribution in [0.5, 0.6) is 0 Å². The van der Waals surface area contributed by atoms with Gasteiger partial charge in [-0.05, 0) is 12.2 Å². The Balaban J connectivity index is 1.87. The maximum absolute atomic E-state index is 5.18. The molecule has 0 amide bonds. The molecule has 0 saturated heterocycles. The summed E-state index contributed by atoms with van der Waals surface area (Å²) in [5.41, 5.74) is 0. The molecule has 0 unspecified atom stereocenters. The summed E-state index contributed by atoms with van der Waals surface area (Å²) in [6.07, 6.45) is 2.82. The third-order valence-corrected chi connectivity index (χ3v) is 5.01. The van der Waals surface area contributed by atoms with Crippen LogP contribution in [0.25, 0.3) is 0 Å². The van der Waals surface area contributed by atoms with E-state index in [1.165, 1.54) is 0 Å². The Kier molecular flexibility index (Phi) is 5.02. The molecule has 2 heterocycles. The molecule has 0 aliphatic heterocycles. The summed E-state index contributed by atoms with van der Waals surface area (Å²) in [5, 5.41) is 12.1.